The second kappa shape index (κ2) is 3.62. The molecule has 5 heteroatoms. The SMILES string of the molecule is CN1C[CH]CCC1OC(F)(F)F. The van der Waals surface area contributed by atoms with Gasteiger partial charge in [0.25, 0.3) is 0 Å². The third-order valence-corrected chi connectivity index (χ3v) is 1.80. The summed E-state index contributed by atoms with van der Waals surface area (Å²) < 4.78 is 39.2. The number of piperidine rings is 1. The first kappa shape index (κ1) is 9.80. The van der Waals surface area contributed by atoms with Crippen molar-refractivity contribution in [2.75, 3.05) is 13.6 Å². The quantitative estimate of drug-likeness (QED) is 0.612. The molecule has 0 spiro atoms. The number of ether oxygens (including phenoxy) is 1. The van der Waals surface area contributed by atoms with Crippen molar-refractivity contribution in [3.05, 3.63) is 6.42 Å². The highest BCUT2D eigenvalue weighted by Gasteiger charge is 2.35. The second-order valence-corrected chi connectivity index (χ2v) is 2.82. The van der Waals surface area contributed by atoms with Crippen molar-refractivity contribution in [3.63, 3.8) is 0 Å². The number of alkyl halides is 3. The fraction of sp³-hybridized carbons (Fsp3) is 0.857. The van der Waals surface area contributed by atoms with Crippen LogP contribution in [0.1, 0.15) is 12.8 Å². The molecular weight excluding hydrogens is 171 g/mol. The second-order valence-electron chi connectivity index (χ2n) is 2.82. The molecule has 1 aliphatic rings. The lowest BCUT2D eigenvalue weighted by Crippen LogP contribution is -2.41. The van der Waals surface area contributed by atoms with Crippen LogP contribution in [-0.2, 0) is 4.74 Å². The van der Waals surface area contributed by atoms with Gasteiger partial charge in [-0.3, -0.25) is 9.64 Å². The van der Waals surface area contributed by atoms with Crippen LogP contribution >= 0.6 is 0 Å². The van der Waals surface area contributed by atoms with Gasteiger partial charge in [-0.1, -0.05) is 0 Å². The monoisotopic (exact) mass is 182 g/mol. The van der Waals surface area contributed by atoms with Crippen molar-refractivity contribution >= 4 is 0 Å². The lowest BCUT2D eigenvalue weighted by molar-refractivity contribution is -0.360. The highest BCUT2D eigenvalue weighted by atomic mass is 19.4. The summed E-state index contributed by atoms with van der Waals surface area (Å²) in [7, 11) is 1.62. The maximum Gasteiger partial charge on any atom is 0.524 e. The Morgan fingerprint density at radius 3 is 2.67 bits per heavy atom. The Morgan fingerprint density at radius 1 is 1.50 bits per heavy atom. The maximum absolute atomic E-state index is 11.8. The van der Waals surface area contributed by atoms with Gasteiger partial charge in [0.15, 0.2) is 0 Å². The van der Waals surface area contributed by atoms with Gasteiger partial charge in [-0.25, -0.2) is 0 Å². The molecule has 0 bridgehead atoms. The lowest BCUT2D eigenvalue weighted by atomic mass is 10.1. The Bertz CT molecular complexity index is 148. The molecule has 12 heavy (non-hydrogen) atoms. The van der Waals surface area contributed by atoms with Crippen LogP contribution in [0.4, 0.5) is 13.2 Å². The van der Waals surface area contributed by atoms with E-state index in [0.29, 0.717) is 19.4 Å². The third kappa shape index (κ3) is 2.98. The van der Waals surface area contributed by atoms with Crippen LogP contribution in [0.5, 0.6) is 0 Å². The summed E-state index contributed by atoms with van der Waals surface area (Å²) in [5.74, 6) is 0. The number of likely N-dealkylation sites (tertiary alicyclic amines) is 1. The number of rotatable bonds is 1. The molecule has 0 aromatic rings. The molecule has 1 aliphatic heterocycles. The Labute approximate surface area is 69.3 Å². The summed E-state index contributed by atoms with van der Waals surface area (Å²) in [5.41, 5.74) is 0. The van der Waals surface area contributed by atoms with Gasteiger partial charge >= 0.3 is 6.36 Å². The minimum atomic E-state index is -4.52. The highest BCUT2D eigenvalue weighted by Crippen LogP contribution is 2.24. The van der Waals surface area contributed by atoms with Gasteiger partial charge in [0.2, 0.25) is 0 Å². The Hall–Kier alpha value is -0.290. The third-order valence-electron chi connectivity index (χ3n) is 1.80. The average molecular weight is 182 g/mol. The molecule has 1 rings (SSSR count). The molecule has 0 aliphatic carbocycles. The van der Waals surface area contributed by atoms with E-state index in [2.05, 4.69) is 4.74 Å². The van der Waals surface area contributed by atoms with Crippen molar-refractivity contribution in [1.29, 1.82) is 0 Å². The van der Waals surface area contributed by atoms with Crippen molar-refractivity contribution in [3.8, 4) is 0 Å². The molecule has 0 N–H and O–H groups in total. The minimum Gasteiger partial charge on any atom is -0.281 e. The summed E-state index contributed by atoms with van der Waals surface area (Å²) in [6.45, 7) is 0.556. The van der Waals surface area contributed by atoms with Crippen LogP contribution in [0.25, 0.3) is 0 Å². The van der Waals surface area contributed by atoms with Gasteiger partial charge in [0.1, 0.15) is 6.23 Å². The van der Waals surface area contributed by atoms with Gasteiger partial charge in [0.05, 0.1) is 0 Å². The van der Waals surface area contributed by atoms with Crippen LogP contribution in [0.2, 0.25) is 0 Å². The van der Waals surface area contributed by atoms with Crippen molar-refractivity contribution < 1.29 is 17.9 Å². The Morgan fingerprint density at radius 2 is 2.17 bits per heavy atom. The zero-order valence-corrected chi connectivity index (χ0v) is 6.77. The summed E-state index contributed by atoms with van der Waals surface area (Å²) >= 11 is 0. The number of hydrogen-bond donors (Lipinski definition) is 0. The molecule has 1 radical (unpaired) electrons. The van der Waals surface area contributed by atoms with E-state index >= 15 is 0 Å². The zero-order chi connectivity index (χ0) is 9.19. The molecule has 0 aromatic carbocycles. The molecule has 0 saturated carbocycles. The smallest absolute Gasteiger partial charge is 0.281 e. The van der Waals surface area contributed by atoms with Crippen LogP contribution in [-0.4, -0.2) is 31.1 Å². The highest BCUT2D eigenvalue weighted by molar-refractivity contribution is 4.78. The molecule has 0 amide bonds. The fourth-order valence-corrected chi connectivity index (χ4v) is 1.20. The number of hydrogen-bond acceptors (Lipinski definition) is 2. The molecule has 0 aromatic heterocycles. The summed E-state index contributed by atoms with van der Waals surface area (Å²) in [5, 5.41) is 0. The van der Waals surface area contributed by atoms with E-state index in [1.54, 1.807) is 7.05 Å². The van der Waals surface area contributed by atoms with Crippen molar-refractivity contribution in [1.82, 2.24) is 4.90 Å². The van der Waals surface area contributed by atoms with Gasteiger partial charge in [0, 0.05) is 6.54 Å². The summed E-state index contributed by atoms with van der Waals surface area (Å²) in [4.78, 5) is 1.54. The number of halogens is 3. The minimum absolute atomic E-state index is 0.413. The van der Waals surface area contributed by atoms with Gasteiger partial charge in [-0.15, -0.1) is 13.2 Å². The Balaban J connectivity index is 2.39. The molecule has 1 saturated heterocycles. The van der Waals surface area contributed by atoms with Crippen LogP contribution in [0.15, 0.2) is 0 Å². The van der Waals surface area contributed by atoms with E-state index in [9.17, 15) is 13.2 Å². The van der Waals surface area contributed by atoms with Crippen molar-refractivity contribution in [2.24, 2.45) is 0 Å². The van der Waals surface area contributed by atoms with Crippen LogP contribution in [0, 0.1) is 6.42 Å². The van der Waals surface area contributed by atoms with Gasteiger partial charge in [-0.05, 0) is 26.3 Å². The summed E-state index contributed by atoms with van der Waals surface area (Å²) in [6.07, 6.45) is -2.29. The van der Waals surface area contributed by atoms with Crippen LogP contribution < -0.4 is 0 Å². The van der Waals surface area contributed by atoms with E-state index in [-0.39, 0.29) is 0 Å². The normalized spacial score (nSPS) is 27.5. The van der Waals surface area contributed by atoms with Gasteiger partial charge in [-0.2, -0.15) is 0 Å². The lowest BCUT2D eigenvalue weighted by Gasteiger charge is -2.32. The molecular formula is C7H11F3NO. The van der Waals surface area contributed by atoms with E-state index < -0.39 is 12.6 Å². The zero-order valence-electron chi connectivity index (χ0n) is 6.77. The first-order valence-corrected chi connectivity index (χ1v) is 3.75. The fourth-order valence-electron chi connectivity index (χ4n) is 1.20. The van der Waals surface area contributed by atoms with Crippen LogP contribution in [0.3, 0.4) is 0 Å². The van der Waals surface area contributed by atoms with Gasteiger partial charge < -0.3 is 0 Å². The maximum atomic E-state index is 11.8. The molecule has 71 valence electrons. The van der Waals surface area contributed by atoms with E-state index in [1.807, 2.05) is 6.42 Å². The number of nitrogens with zero attached hydrogens (tertiary/aromatic N) is 1. The molecule has 1 fully saturated rings. The molecule has 2 nitrogen and oxygen atoms in total. The largest absolute Gasteiger partial charge is 0.524 e. The molecule has 1 atom stereocenters. The Kier molecular flexibility index (Phi) is 2.95. The summed E-state index contributed by atoms with van der Waals surface area (Å²) in [6, 6.07) is 0. The van der Waals surface area contributed by atoms with E-state index in [4.69, 9.17) is 0 Å². The first-order valence-electron chi connectivity index (χ1n) is 3.75. The molecule has 1 heterocycles. The predicted octanol–water partition coefficient (Wildman–Crippen LogP) is 1.78. The van der Waals surface area contributed by atoms with E-state index in [1.165, 1.54) is 4.90 Å². The average Bonchev–Trinajstić information content (AvgIpc) is 1.91. The predicted molar refractivity (Wildman–Crippen MR) is 37.1 cm³/mol. The van der Waals surface area contributed by atoms with E-state index in [0.717, 1.165) is 0 Å². The standard InChI is InChI=1S/C7H11F3NO/c1-11-5-3-2-4-6(11)12-7(8,9)10/h3,6H,2,4-5H2,1H3. The van der Waals surface area contributed by atoms with Crippen molar-refractivity contribution in [2.45, 2.75) is 25.4 Å². The topological polar surface area (TPSA) is 12.5 Å². The molecule has 1 unspecified atom stereocenters. The first-order chi connectivity index (χ1) is 5.49.